The number of amides is 1. The number of carbonyl (C=O) groups is 1. The molecule has 0 radical (unpaired) electrons. The van der Waals surface area contributed by atoms with E-state index in [0.717, 1.165) is 37.8 Å². The zero-order chi connectivity index (χ0) is 16.6. The molecule has 0 aromatic carbocycles. The molecule has 1 atom stereocenters. The van der Waals surface area contributed by atoms with Crippen molar-refractivity contribution in [2.45, 2.75) is 82.7 Å². The van der Waals surface area contributed by atoms with Gasteiger partial charge in [0.1, 0.15) is 5.41 Å². The molecule has 2 fully saturated rings. The molecule has 3 aliphatic rings. The van der Waals surface area contributed by atoms with Gasteiger partial charge in [0, 0.05) is 6.20 Å². The van der Waals surface area contributed by atoms with E-state index in [-0.39, 0.29) is 11.9 Å². The van der Waals surface area contributed by atoms with E-state index < -0.39 is 5.41 Å². The highest BCUT2D eigenvalue weighted by atomic mass is 16.2. The fourth-order valence-corrected chi connectivity index (χ4v) is 4.72. The molecule has 3 aliphatic carbocycles. The van der Waals surface area contributed by atoms with Crippen LogP contribution in [0.25, 0.3) is 0 Å². The molecule has 1 N–H and O–H groups in total. The summed E-state index contributed by atoms with van der Waals surface area (Å²) in [4.78, 5) is 12.8. The number of nitrogens with one attached hydrogen (secondary N) is 1. The molecule has 5 nitrogen and oxygen atoms in total. The van der Waals surface area contributed by atoms with E-state index in [1.165, 1.54) is 31.2 Å². The van der Waals surface area contributed by atoms with Crippen LogP contribution in [0.15, 0.2) is 6.20 Å². The Bertz CT molecular complexity index is 659. The summed E-state index contributed by atoms with van der Waals surface area (Å²) in [5.74, 6) is -0.0734. The first-order valence-corrected chi connectivity index (χ1v) is 9.52. The highest BCUT2D eigenvalue weighted by molar-refractivity contribution is 5.86. The normalized spacial score (nSPS) is 26.0. The minimum atomic E-state index is -0.800. The van der Waals surface area contributed by atoms with Gasteiger partial charge in [-0.3, -0.25) is 9.48 Å². The number of fused-ring (bicyclic) bond motifs is 1. The first kappa shape index (κ1) is 15.7. The van der Waals surface area contributed by atoms with Crippen LogP contribution in [0, 0.1) is 16.7 Å². The Balaban J connectivity index is 1.53. The summed E-state index contributed by atoms with van der Waals surface area (Å²) in [5, 5.41) is 17.6. The molecule has 24 heavy (non-hydrogen) atoms. The molecule has 0 aliphatic heterocycles. The van der Waals surface area contributed by atoms with Crippen LogP contribution in [0.1, 0.15) is 87.5 Å². The molecule has 128 valence electrons. The highest BCUT2D eigenvalue weighted by Gasteiger charge is 2.43. The van der Waals surface area contributed by atoms with E-state index in [2.05, 4.69) is 22.3 Å². The third-order valence-electron chi connectivity index (χ3n) is 6.22. The molecule has 1 heterocycles. The third kappa shape index (κ3) is 2.62. The fourth-order valence-electron chi connectivity index (χ4n) is 4.72. The lowest BCUT2D eigenvalue weighted by atomic mass is 9.85. The molecule has 1 amide bonds. The molecular formula is C19H26N4O. The summed E-state index contributed by atoms with van der Waals surface area (Å²) in [6, 6.07) is 2.82. The van der Waals surface area contributed by atoms with Gasteiger partial charge in [0.05, 0.1) is 23.8 Å². The Morgan fingerprint density at radius 2 is 1.96 bits per heavy atom. The Kier molecular flexibility index (Phi) is 4.07. The number of nitrogens with zero attached hydrogens (tertiary/aromatic N) is 3. The number of hydrogen-bond donors (Lipinski definition) is 1. The van der Waals surface area contributed by atoms with E-state index in [0.29, 0.717) is 18.9 Å². The lowest BCUT2D eigenvalue weighted by Crippen LogP contribution is -2.41. The number of rotatable bonds is 3. The Hall–Kier alpha value is -1.83. The summed E-state index contributed by atoms with van der Waals surface area (Å²) in [6.45, 7) is 0. The van der Waals surface area contributed by atoms with Crippen LogP contribution in [0.4, 0.5) is 0 Å². The van der Waals surface area contributed by atoms with Crippen molar-refractivity contribution in [2.75, 3.05) is 0 Å². The maximum absolute atomic E-state index is 12.8. The van der Waals surface area contributed by atoms with Crippen molar-refractivity contribution in [1.82, 2.24) is 15.1 Å². The molecule has 2 saturated carbocycles. The predicted molar refractivity (Wildman–Crippen MR) is 90.1 cm³/mol. The molecular weight excluding hydrogens is 300 g/mol. The summed E-state index contributed by atoms with van der Waals surface area (Å²) in [6.07, 6.45) is 13.6. The lowest BCUT2D eigenvalue weighted by molar-refractivity contribution is -0.128. The monoisotopic (exact) mass is 326 g/mol. The molecule has 1 aromatic heterocycles. The van der Waals surface area contributed by atoms with Crippen molar-refractivity contribution in [2.24, 2.45) is 5.41 Å². The summed E-state index contributed by atoms with van der Waals surface area (Å²) >= 11 is 0. The van der Waals surface area contributed by atoms with Crippen molar-refractivity contribution in [3.63, 3.8) is 0 Å². The van der Waals surface area contributed by atoms with Crippen LogP contribution in [-0.2, 0) is 11.2 Å². The van der Waals surface area contributed by atoms with Gasteiger partial charge >= 0.3 is 0 Å². The second-order valence-corrected chi connectivity index (χ2v) is 7.78. The van der Waals surface area contributed by atoms with E-state index in [1.54, 1.807) is 0 Å². The second-order valence-electron chi connectivity index (χ2n) is 7.78. The van der Waals surface area contributed by atoms with Gasteiger partial charge < -0.3 is 5.32 Å². The van der Waals surface area contributed by atoms with Crippen molar-refractivity contribution in [1.29, 1.82) is 5.26 Å². The molecule has 1 unspecified atom stereocenters. The van der Waals surface area contributed by atoms with Gasteiger partial charge in [-0.25, -0.2) is 0 Å². The average Bonchev–Trinajstić information content (AvgIpc) is 3.33. The van der Waals surface area contributed by atoms with Gasteiger partial charge in [-0.2, -0.15) is 10.4 Å². The van der Waals surface area contributed by atoms with E-state index in [1.807, 2.05) is 0 Å². The van der Waals surface area contributed by atoms with Crippen LogP contribution >= 0.6 is 0 Å². The zero-order valence-electron chi connectivity index (χ0n) is 14.3. The van der Waals surface area contributed by atoms with Crippen LogP contribution in [0.5, 0.6) is 0 Å². The minimum Gasteiger partial charge on any atom is -0.346 e. The van der Waals surface area contributed by atoms with Crippen molar-refractivity contribution in [3.05, 3.63) is 17.5 Å². The Morgan fingerprint density at radius 3 is 2.67 bits per heavy atom. The number of aromatic nitrogens is 2. The number of carbonyl (C=O) groups excluding carboxylic acids is 1. The molecule has 1 aromatic rings. The summed E-state index contributed by atoms with van der Waals surface area (Å²) < 4.78 is 2.15. The number of hydrogen-bond acceptors (Lipinski definition) is 3. The molecule has 0 spiro atoms. The van der Waals surface area contributed by atoms with Gasteiger partial charge in [0.25, 0.3) is 0 Å². The highest BCUT2D eigenvalue weighted by Crippen LogP contribution is 2.39. The standard InChI is InChI=1S/C19H26N4O/c20-13-19(10-3-4-11-19)18(24)21-16-9-5-6-14-12-23(22-17(14)16)15-7-1-2-8-15/h12,15-16H,1-11H2,(H,21,24). The topological polar surface area (TPSA) is 70.7 Å². The van der Waals surface area contributed by atoms with Gasteiger partial charge in [-0.05, 0) is 50.5 Å². The number of aryl methyl sites for hydroxylation is 1. The first-order chi connectivity index (χ1) is 11.7. The summed E-state index contributed by atoms with van der Waals surface area (Å²) in [5.41, 5.74) is 1.54. The average molecular weight is 326 g/mol. The molecule has 0 saturated heterocycles. The van der Waals surface area contributed by atoms with Gasteiger partial charge in [0.15, 0.2) is 0 Å². The SMILES string of the molecule is N#CC1(C(=O)NC2CCCc3cn(C4CCCC4)nc32)CCCC1. The fraction of sp³-hybridized carbons (Fsp3) is 0.737. The molecule has 4 rings (SSSR count). The molecule has 5 heteroatoms. The predicted octanol–water partition coefficient (Wildman–Crippen LogP) is 3.58. The maximum Gasteiger partial charge on any atom is 0.241 e. The van der Waals surface area contributed by atoms with Crippen LogP contribution in [-0.4, -0.2) is 15.7 Å². The van der Waals surface area contributed by atoms with Crippen LogP contribution in [0.3, 0.4) is 0 Å². The van der Waals surface area contributed by atoms with E-state index in [4.69, 9.17) is 5.10 Å². The van der Waals surface area contributed by atoms with Gasteiger partial charge in [0.2, 0.25) is 5.91 Å². The quantitative estimate of drug-likeness (QED) is 0.923. The van der Waals surface area contributed by atoms with E-state index in [9.17, 15) is 10.1 Å². The maximum atomic E-state index is 12.8. The second kappa shape index (κ2) is 6.23. The van der Waals surface area contributed by atoms with E-state index >= 15 is 0 Å². The lowest BCUT2D eigenvalue weighted by Gasteiger charge is -2.26. The van der Waals surface area contributed by atoms with Crippen molar-refractivity contribution in [3.8, 4) is 6.07 Å². The van der Waals surface area contributed by atoms with Crippen molar-refractivity contribution < 1.29 is 4.79 Å². The Morgan fingerprint density at radius 1 is 1.21 bits per heavy atom. The minimum absolute atomic E-state index is 0.0188. The zero-order valence-corrected chi connectivity index (χ0v) is 14.3. The summed E-state index contributed by atoms with van der Waals surface area (Å²) in [7, 11) is 0. The van der Waals surface area contributed by atoms with Gasteiger partial charge in [-0.1, -0.05) is 25.7 Å². The first-order valence-electron chi connectivity index (χ1n) is 9.52. The smallest absolute Gasteiger partial charge is 0.241 e. The largest absolute Gasteiger partial charge is 0.346 e. The van der Waals surface area contributed by atoms with Gasteiger partial charge in [-0.15, -0.1) is 0 Å². The molecule has 0 bridgehead atoms. The Labute approximate surface area is 143 Å². The van der Waals surface area contributed by atoms with Crippen LogP contribution < -0.4 is 5.32 Å². The van der Waals surface area contributed by atoms with Crippen LogP contribution in [0.2, 0.25) is 0 Å². The third-order valence-corrected chi connectivity index (χ3v) is 6.22. The number of nitriles is 1. The van der Waals surface area contributed by atoms with Crippen molar-refractivity contribution >= 4 is 5.91 Å².